The van der Waals surface area contributed by atoms with Crippen molar-refractivity contribution in [3.8, 4) is 0 Å². The zero-order valence-electron chi connectivity index (χ0n) is 10.3. The van der Waals surface area contributed by atoms with Crippen molar-refractivity contribution in [2.45, 2.75) is 0 Å². The first-order valence-electron chi connectivity index (χ1n) is 5.58. The fourth-order valence-corrected chi connectivity index (χ4v) is 1.74. The van der Waals surface area contributed by atoms with Crippen LogP contribution in [0.15, 0.2) is 53.3 Å². The van der Waals surface area contributed by atoms with Crippen LogP contribution in [-0.4, -0.2) is 13.1 Å². The fourth-order valence-electron chi connectivity index (χ4n) is 1.74. The third kappa shape index (κ3) is 2.91. The van der Waals surface area contributed by atoms with Crippen molar-refractivity contribution in [3.63, 3.8) is 0 Å². The van der Waals surface area contributed by atoms with Gasteiger partial charge in [-0.2, -0.15) is 0 Å². The van der Waals surface area contributed by atoms with E-state index in [0.717, 1.165) is 16.3 Å². The Kier molecular flexibility index (Phi) is 3.81. The van der Waals surface area contributed by atoms with E-state index in [1.54, 1.807) is 0 Å². The van der Waals surface area contributed by atoms with Crippen molar-refractivity contribution in [2.24, 2.45) is 5.11 Å². The van der Waals surface area contributed by atoms with E-state index in [0.29, 0.717) is 0 Å². The Morgan fingerprint density at radius 1 is 1.26 bits per heavy atom. The first-order valence-corrected chi connectivity index (χ1v) is 5.58. The summed E-state index contributed by atoms with van der Waals surface area (Å²) in [7, 11) is 1.24. The third-order valence-corrected chi connectivity index (χ3v) is 2.62. The summed E-state index contributed by atoms with van der Waals surface area (Å²) in [6.07, 6.45) is 1.50. The monoisotopic (exact) mass is 253 g/mol. The number of hydrogen-bond donors (Lipinski definition) is 0. The topological polar surface area (TPSA) is 75.1 Å². The lowest BCUT2D eigenvalue weighted by Gasteiger charge is -2.01. The van der Waals surface area contributed by atoms with E-state index in [4.69, 9.17) is 5.53 Å². The Labute approximate surface area is 109 Å². The molecule has 0 fully saturated rings. The number of methoxy groups -OCH3 is 1. The summed E-state index contributed by atoms with van der Waals surface area (Å²) < 4.78 is 4.55. The minimum atomic E-state index is -0.661. The van der Waals surface area contributed by atoms with Crippen LogP contribution in [-0.2, 0) is 9.53 Å². The van der Waals surface area contributed by atoms with Crippen molar-refractivity contribution in [2.75, 3.05) is 7.11 Å². The van der Waals surface area contributed by atoms with Crippen molar-refractivity contribution < 1.29 is 9.53 Å². The summed E-state index contributed by atoms with van der Waals surface area (Å²) in [5, 5.41) is 5.48. The Bertz CT molecular complexity index is 701. The molecule has 2 aromatic carbocycles. The Morgan fingerprint density at radius 2 is 2.00 bits per heavy atom. The zero-order chi connectivity index (χ0) is 13.7. The summed E-state index contributed by atoms with van der Waals surface area (Å²) in [5.74, 6) is -0.661. The van der Waals surface area contributed by atoms with Gasteiger partial charge in [-0.05, 0) is 34.0 Å². The van der Waals surface area contributed by atoms with Gasteiger partial charge in [0.1, 0.15) is 5.70 Å². The van der Waals surface area contributed by atoms with Crippen LogP contribution >= 0.6 is 0 Å². The summed E-state index contributed by atoms with van der Waals surface area (Å²) in [5.41, 5.74) is 9.14. The molecule has 0 N–H and O–H groups in total. The number of carbonyl (C=O) groups excluding carboxylic acids is 1. The number of ether oxygens (including phenoxy) is 1. The number of azide groups is 1. The van der Waals surface area contributed by atoms with Gasteiger partial charge in [0.25, 0.3) is 0 Å². The van der Waals surface area contributed by atoms with E-state index in [-0.39, 0.29) is 5.70 Å². The quantitative estimate of drug-likeness (QED) is 0.275. The average Bonchev–Trinajstić information content (AvgIpc) is 2.46. The van der Waals surface area contributed by atoms with Crippen LogP contribution in [0.4, 0.5) is 0 Å². The Hall–Kier alpha value is -2.78. The second-order valence-corrected chi connectivity index (χ2v) is 3.82. The molecule has 0 saturated heterocycles. The summed E-state index contributed by atoms with van der Waals surface area (Å²) in [4.78, 5) is 14.0. The van der Waals surface area contributed by atoms with Crippen LogP contribution < -0.4 is 0 Å². The molecule has 0 amide bonds. The number of nitrogens with zero attached hydrogens (tertiary/aromatic N) is 3. The van der Waals surface area contributed by atoms with Crippen LogP contribution in [0.1, 0.15) is 5.56 Å². The van der Waals surface area contributed by atoms with Gasteiger partial charge in [0.2, 0.25) is 0 Å². The highest BCUT2D eigenvalue weighted by atomic mass is 16.5. The zero-order valence-corrected chi connectivity index (χ0v) is 10.3. The second-order valence-electron chi connectivity index (χ2n) is 3.82. The highest BCUT2D eigenvalue weighted by Crippen LogP contribution is 2.18. The predicted octanol–water partition coefficient (Wildman–Crippen LogP) is 3.66. The largest absolute Gasteiger partial charge is 0.466 e. The molecule has 2 aromatic rings. The molecule has 0 spiro atoms. The van der Waals surface area contributed by atoms with Gasteiger partial charge in [0, 0.05) is 4.91 Å². The number of esters is 1. The molecule has 2 rings (SSSR count). The number of hydrogen-bond acceptors (Lipinski definition) is 3. The van der Waals surface area contributed by atoms with Gasteiger partial charge in [0.15, 0.2) is 0 Å². The lowest BCUT2D eigenvalue weighted by atomic mass is 10.1. The molecule has 0 atom stereocenters. The van der Waals surface area contributed by atoms with E-state index in [2.05, 4.69) is 14.8 Å². The van der Waals surface area contributed by atoms with Crippen LogP contribution in [0.2, 0.25) is 0 Å². The molecule has 0 saturated carbocycles. The predicted molar refractivity (Wildman–Crippen MR) is 73.1 cm³/mol. The van der Waals surface area contributed by atoms with Gasteiger partial charge >= 0.3 is 5.97 Å². The molecule has 5 nitrogen and oxygen atoms in total. The van der Waals surface area contributed by atoms with Gasteiger partial charge in [-0.1, -0.05) is 41.5 Å². The molecular weight excluding hydrogens is 242 g/mol. The van der Waals surface area contributed by atoms with Crippen molar-refractivity contribution >= 4 is 22.8 Å². The molecular formula is C14H11N3O2. The number of rotatable bonds is 3. The Morgan fingerprint density at radius 3 is 2.68 bits per heavy atom. The van der Waals surface area contributed by atoms with E-state index >= 15 is 0 Å². The maximum Gasteiger partial charge on any atom is 0.340 e. The van der Waals surface area contributed by atoms with Gasteiger partial charge in [-0.15, -0.1) is 0 Å². The molecule has 19 heavy (non-hydrogen) atoms. The van der Waals surface area contributed by atoms with E-state index in [1.165, 1.54) is 13.2 Å². The standard InChI is InChI=1S/C14H11N3O2/c1-19-14(18)13(16-17-15)9-10-6-7-11-4-2-3-5-12(11)8-10/h2-9H,1H3/b13-9+. The molecule has 0 aliphatic carbocycles. The molecule has 0 aliphatic rings. The first kappa shape index (κ1) is 12.7. The minimum absolute atomic E-state index is 0.0692. The maximum atomic E-state index is 11.4. The highest BCUT2D eigenvalue weighted by molar-refractivity contribution is 5.94. The summed E-state index contributed by atoms with van der Waals surface area (Å²) in [6, 6.07) is 13.5. The fraction of sp³-hybridized carbons (Fsp3) is 0.0714. The lowest BCUT2D eigenvalue weighted by molar-refractivity contribution is -0.136. The number of carbonyl (C=O) groups is 1. The molecule has 0 aromatic heterocycles. The number of fused-ring (bicyclic) bond motifs is 1. The van der Waals surface area contributed by atoms with Crippen LogP contribution in [0.25, 0.3) is 27.3 Å². The minimum Gasteiger partial charge on any atom is -0.466 e. The smallest absolute Gasteiger partial charge is 0.340 e. The summed E-state index contributed by atoms with van der Waals surface area (Å²) >= 11 is 0. The molecule has 94 valence electrons. The molecule has 0 heterocycles. The van der Waals surface area contributed by atoms with Crippen molar-refractivity contribution in [1.82, 2.24) is 0 Å². The maximum absolute atomic E-state index is 11.4. The van der Waals surface area contributed by atoms with Gasteiger partial charge < -0.3 is 4.74 Å². The SMILES string of the molecule is COC(=O)/C(=C\c1ccc2ccccc2c1)N=[N+]=[N-]. The van der Waals surface area contributed by atoms with E-state index < -0.39 is 5.97 Å². The third-order valence-electron chi connectivity index (χ3n) is 2.62. The van der Waals surface area contributed by atoms with Crippen LogP contribution in [0.3, 0.4) is 0 Å². The number of benzene rings is 2. The normalized spacial score (nSPS) is 10.9. The summed E-state index contributed by atoms with van der Waals surface area (Å²) in [6.45, 7) is 0. The molecule has 0 bridgehead atoms. The lowest BCUT2D eigenvalue weighted by Crippen LogP contribution is -2.01. The average molecular weight is 253 g/mol. The van der Waals surface area contributed by atoms with Crippen molar-refractivity contribution in [1.29, 1.82) is 0 Å². The molecule has 0 radical (unpaired) electrons. The highest BCUT2D eigenvalue weighted by Gasteiger charge is 2.07. The Balaban J connectivity index is 2.48. The van der Waals surface area contributed by atoms with Crippen LogP contribution in [0.5, 0.6) is 0 Å². The van der Waals surface area contributed by atoms with E-state index in [9.17, 15) is 4.79 Å². The van der Waals surface area contributed by atoms with Gasteiger partial charge in [0.05, 0.1) is 7.11 Å². The first-order chi connectivity index (χ1) is 9.24. The van der Waals surface area contributed by atoms with Gasteiger partial charge in [-0.3, -0.25) is 0 Å². The van der Waals surface area contributed by atoms with Gasteiger partial charge in [-0.25, -0.2) is 4.79 Å². The second kappa shape index (κ2) is 5.71. The molecule has 5 heteroatoms. The van der Waals surface area contributed by atoms with E-state index in [1.807, 2.05) is 42.5 Å². The molecule has 0 unspecified atom stereocenters. The van der Waals surface area contributed by atoms with Crippen molar-refractivity contribution in [3.05, 3.63) is 64.2 Å². The van der Waals surface area contributed by atoms with Crippen LogP contribution in [0, 0.1) is 0 Å². The molecule has 0 aliphatic heterocycles.